The average molecular weight is 300 g/mol. The van der Waals surface area contributed by atoms with Gasteiger partial charge in [0.2, 0.25) is 0 Å². The number of nitrogens with two attached hydrogens (primary N) is 1. The van der Waals surface area contributed by atoms with E-state index in [4.69, 9.17) is 18.0 Å². The Morgan fingerprint density at radius 2 is 1.90 bits per heavy atom. The fourth-order valence-electron chi connectivity index (χ4n) is 2.10. The van der Waals surface area contributed by atoms with Gasteiger partial charge in [-0.05, 0) is 19.1 Å². The van der Waals surface area contributed by atoms with Gasteiger partial charge < -0.3 is 10.6 Å². The van der Waals surface area contributed by atoms with E-state index in [1.165, 1.54) is 0 Å². The number of rotatable bonds is 4. The van der Waals surface area contributed by atoms with E-state index in [0.29, 0.717) is 4.99 Å². The highest BCUT2D eigenvalue weighted by atomic mass is 32.1. The van der Waals surface area contributed by atoms with Crippen LogP contribution in [0.15, 0.2) is 30.3 Å². The molecule has 5 heteroatoms. The minimum Gasteiger partial charge on any atom is -0.389 e. The van der Waals surface area contributed by atoms with Crippen LogP contribution in [-0.4, -0.2) is 22.0 Å². The molecular weight excluding hydrogens is 280 g/mol. The molecule has 0 radical (unpaired) electrons. The van der Waals surface area contributed by atoms with Crippen molar-refractivity contribution >= 4 is 28.7 Å². The fraction of sp³-hybridized carbons (Fsp3) is 0.312. The summed E-state index contributed by atoms with van der Waals surface area (Å²) in [7, 11) is 1.96. The minimum absolute atomic E-state index is 0.280. The smallest absolute Gasteiger partial charge is 0.136 e. The second-order valence-electron chi connectivity index (χ2n) is 5.32. The van der Waals surface area contributed by atoms with Crippen LogP contribution in [-0.2, 0) is 0 Å². The van der Waals surface area contributed by atoms with Gasteiger partial charge in [0.1, 0.15) is 16.6 Å². The largest absolute Gasteiger partial charge is 0.389 e. The molecule has 1 heterocycles. The number of aryl methyl sites for hydroxylation is 1. The Morgan fingerprint density at radius 1 is 1.24 bits per heavy atom. The summed E-state index contributed by atoms with van der Waals surface area (Å²) in [5.74, 6) is 1.96. The average Bonchev–Trinajstić information content (AvgIpc) is 2.45. The SMILES string of the molecule is Cc1cc(N(C)c2ccccc2C(N)=S)nc(C(C)C)n1. The van der Waals surface area contributed by atoms with Crippen molar-refractivity contribution < 1.29 is 0 Å². The van der Waals surface area contributed by atoms with E-state index in [9.17, 15) is 0 Å². The lowest BCUT2D eigenvalue weighted by Gasteiger charge is -2.22. The number of anilines is 2. The maximum absolute atomic E-state index is 5.81. The standard InChI is InChI=1S/C16H20N4S/c1-10(2)16-18-11(3)9-14(19-16)20(4)13-8-6-5-7-12(13)15(17)21/h5-10H,1-4H3,(H2,17,21). The first kappa shape index (κ1) is 15.4. The molecule has 0 bridgehead atoms. The predicted octanol–water partition coefficient (Wildman–Crippen LogP) is 3.31. The van der Waals surface area contributed by atoms with Crippen molar-refractivity contribution in [2.24, 2.45) is 5.73 Å². The van der Waals surface area contributed by atoms with Crippen LogP contribution in [0.3, 0.4) is 0 Å². The zero-order valence-electron chi connectivity index (χ0n) is 12.8. The maximum atomic E-state index is 5.81. The van der Waals surface area contributed by atoms with Gasteiger partial charge in [0, 0.05) is 30.3 Å². The molecule has 21 heavy (non-hydrogen) atoms. The molecule has 0 aliphatic heterocycles. The number of nitrogens with zero attached hydrogens (tertiary/aromatic N) is 3. The molecule has 0 amide bonds. The molecule has 0 saturated carbocycles. The second kappa shape index (κ2) is 6.18. The van der Waals surface area contributed by atoms with Crippen LogP contribution >= 0.6 is 12.2 Å². The molecule has 0 fully saturated rings. The van der Waals surface area contributed by atoms with Gasteiger partial charge in [0.25, 0.3) is 0 Å². The van der Waals surface area contributed by atoms with Crippen LogP contribution in [0, 0.1) is 6.92 Å². The molecule has 0 saturated heterocycles. The van der Waals surface area contributed by atoms with Crippen molar-refractivity contribution in [3.63, 3.8) is 0 Å². The third-order valence-corrected chi connectivity index (χ3v) is 3.47. The maximum Gasteiger partial charge on any atom is 0.136 e. The van der Waals surface area contributed by atoms with E-state index in [2.05, 4.69) is 23.8 Å². The van der Waals surface area contributed by atoms with E-state index in [0.717, 1.165) is 28.6 Å². The number of benzene rings is 1. The Hall–Kier alpha value is -2.01. The Bertz CT molecular complexity index is 667. The zero-order chi connectivity index (χ0) is 15.6. The number of hydrogen-bond donors (Lipinski definition) is 1. The first-order chi connectivity index (χ1) is 9.90. The van der Waals surface area contributed by atoms with Crippen molar-refractivity contribution in [2.75, 3.05) is 11.9 Å². The molecule has 0 atom stereocenters. The van der Waals surface area contributed by atoms with Gasteiger partial charge in [-0.15, -0.1) is 0 Å². The van der Waals surface area contributed by atoms with Crippen LogP contribution in [0.5, 0.6) is 0 Å². The van der Waals surface area contributed by atoms with Gasteiger partial charge in [-0.25, -0.2) is 9.97 Å². The number of hydrogen-bond acceptors (Lipinski definition) is 4. The first-order valence-electron chi connectivity index (χ1n) is 6.88. The first-order valence-corrected chi connectivity index (χ1v) is 7.29. The van der Waals surface area contributed by atoms with Crippen LogP contribution in [0.1, 0.15) is 36.8 Å². The normalized spacial score (nSPS) is 10.7. The predicted molar refractivity (Wildman–Crippen MR) is 91.3 cm³/mol. The molecule has 0 unspecified atom stereocenters. The summed E-state index contributed by atoms with van der Waals surface area (Å²) in [5.41, 5.74) is 8.55. The summed E-state index contributed by atoms with van der Waals surface area (Å²) in [6, 6.07) is 9.76. The minimum atomic E-state index is 0.280. The number of thiocarbonyl (C=S) groups is 1. The summed E-state index contributed by atoms with van der Waals surface area (Å²) in [6.45, 7) is 6.15. The fourth-order valence-corrected chi connectivity index (χ4v) is 2.27. The van der Waals surface area contributed by atoms with Gasteiger partial charge in [-0.2, -0.15) is 0 Å². The van der Waals surface area contributed by atoms with Crippen LogP contribution in [0.2, 0.25) is 0 Å². The van der Waals surface area contributed by atoms with E-state index >= 15 is 0 Å². The molecule has 1 aromatic carbocycles. The molecular formula is C16H20N4S. The lowest BCUT2D eigenvalue weighted by Crippen LogP contribution is -2.19. The quantitative estimate of drug-likeness (QED) is 0.878. The molecule has 1 aromatic heterocycles. The molecule has 110 valence electrons. The van der Waals surface area contributed by atoms with Crippen molar-refractivity contribution in [1.82, 2.24) is 9.97 Å². The van der Waals surface area contributed by atoms with Gasteiger partial charge in [0.15, 0.2) is 0 Å². The van der Waals surface area contributed by atoms with Gasteiger partial charge in [-0.1, -0.05) is 38.2 Å². The van der Waals surface area contributed by atoms with Crippen LogP contribution in [0.25, 0.3) is 0 Å². The summed E-state index contributed by atoms with van der Waals surface area (Å²) in [4.78, 5) is 11.5. The van der Waals surface area contributed by atoms with Gasteiger partial charge in [-0.3, -0.25) is 0 Å². The van der Waals surface area contributed by atoms with Crippen LogP contribution < -0.4 is 10.6 Å². The highest BCUT2D eigenvalue weighted by Crippen LogP contribution is 2.27. The van der Waals surface area contributed by atoms with Crippen molar-refractivity contribution in [3.8, 4) is 0 Å². The number of aromatic nitrogens is 2. The highest BCUT2D eigenvalue weighted by molar-refractivity contribution is 7.80. The van der Waals surface area contributed by atoms with Gasteiger partial charge in [0.05, 0.1) is 5.69 Å². The van der Waals surface area contributed by atoms with Crippen molar-refractivity contribution in [1.29, 1.82) is 0 Å². The van der Waals surface area contributed by atoms with E-state index < -0.39 is 0 Å². The molecule has 2 rings (SSSR count). The summed E-state index contributed by atoms with van der Waals surface area (Å²) in [6.07, 6.45) is 0. The van der Waals surface area contributed by atoms with E-state index in [1.54, 1.807) is 0 Å². The van der Waals surface area contributed by atoms with Crippen molar-refractivity contribution in [2.45, 2.75) is 26.7 Å². The number of para-hydroxylation sites is 1. The second-order valence-corrected chi connectivity index (χ2v) is 5.76. The molecule has 0 aliphatic rings. The third kappa shape index (κ3) is 3.36. The van der Waals surface area contributed by atoms with Gasteiger partial charge >= 0.3 is 0 Å². The van der Waals surface area contributed by atoms with E-state index in [1.807, 2.05) is 49.2 Å². The van der Waals surface area contributed by atoms with Crippen LogP contribution in [0.4, 0.5) is 11.5 Å². The monoisotopic (exact) mass is 300 g/mol. The molecule has 4 nitrogen and oxygen atoms in total. The molecule has 0 aliphatic carbocycles. The van der Waals surface area contributed by atoms with E-state index in [-0.39, 0.29) is 5.92 Å². The Labute approximate surface area is 131 Å². The highest BCUT2D eigenvalue weighted by Gasteiger charge is 2.14. The topological polar surface area (TPSA) is 55.0 Å². The molecule has 0 spiro atoms. The molecule has 2 N–H and O–H groups in total. The van der Waals surface area contributed by atoms with Crippen molar-refractivity contribution in [3.05, 3.63) is 47.4 Å². The summed E-state index contributed by atoms with van der Waals surface area (Å²) >= 11 is 5.13. The zero-order valence-corrected chi connectivity index (χ0v) is 13.6. The third-order valence-electron chi connectivity index (χ3n) is 3.25. The Morgan fingerprint density at radius 3 is 2.52 bits per heavy atom. The Kier molecular flexibility index (Phi) is 4.53. The summed E-state index contributed by atoms with van der Waals surface area (Å²) < 4.78 is 0. The summed E-state index contributed by atoms with van der Waals surface area (Å²) in [5, 5.41) is 0. The molecule has 2 aromatic rings. The Balaban J connectivity index is 2.50. The lowest BCUT2D eigenvalue weighted by atomic mass is 10.1. The lowest BCUT2D eigenvalue weighted by molar-refractivity contribution is 0.764.